The monoisotopic (exact) mass is 287 g/mol. The van der Waals surface area contributed by atoms with Gasteiger partial charge in [0, 0.05) is 24.5 Å². The molecule has 0 fully saturated rings. The molecule has 2 aromatic rings. The highest BCUT2D eigenvalue weighted by molar-refractivity contribution is 5.34. The Balaban J connectivity index is 2.19. The summed E-state index contributed by atoms with van der Waals surface area (Å²) in [7, 11) is 0. The molecule has 0 aliphatic heterocycles. The van der Waals surface area contributed by atoms with Gasteiger partial charge in [-0.15, -0.1) is 0 Å². The van der Waals surface area contributed by atoms with Crippen LogP contribution in [0.2, 0.25) is 0 Å². The number of aromatic nitrogens is 2. The van der Waals surface area contributed by atoms with Gasteiger partial charge in [-0.3, -0.25) is 4.79 Å². The van der Waals surface area contributed by atoms with Gasteiger partial charge < -0.3 is 15.0 Å². The maximum Gasteiger partial charge on any atom is 0.293 e. The second kappa shape index (κ2) is 6.10. The molecule has 0 bridgehead atoms. The van der Waals surface area contributed by atoms with Gasteiger partial charge in [0.1, 0.15) is 0 Å². The predicted octanol–water partition coefficient (Wildman–Crippen LogP) is 2.10. The lowest BCUT2D eigenvalue weighted by atomic mass is 10.1. The molecule has 0 unspecified atom stereocenters. The smallest absolute Gasteiger partial charge is 0.293 e. The van der Waals surface area contributed by atoms with Crippen LogP contribution in [0.1, 0.15) is 31.9 Å². The summed E-state index contributed by atoms with van der Waals surface area (Å²) in [5, 5.41) is 12.2. The molecule has 5 nitrogen and oxygen atoms in total. The van der Waals surface area contributed by atoms with Crippen molar-refractivity contribution in [3.8, 4) is 0 Å². The summed E-state index contributed by atoms with van der Waals surface area (Å²) in [4.78, 5) is 16.5. The average molecular weight is 287 g/mol. The van der Waals surface area contributed by atoms with E-state index >= 15 is 0 Å². The van der Waals surface area contributed by atoms with E-state index in [1.54, 1.807) is 17.0 Å². The van der Waals surface area contributed by atoms with E-state index in [9.17, 15) is 4.79 Å². The molecule has 5 heteroatoms. The van der Waals surface area contributed by atoms with E-state index in [-0.39, 0.29) is 17.7 Å². The Bertz CT molecular complexity index is 672. The van der Waals surface area contributed by atoms with Crippen molar-refractivity contribution in [3.05, 3.63) is 58.1 Å². The summed E-state index contributed by atoms with van der Waals surface area (Å²) in [5.74, 6) is 0.335. The highest BCUT2D eigenvalue weighted by atomic mass is 16.3. The molecule has 0 saturated carbocycles. The Kier molecular flexibility index (Phi) is 4.43. The summed E-state index contributed by atoms with van der Waals surface area (Å²) in [6.07, 6.45) is 3.32. The second-order valence-corrected chi connectivity index (χ2v) is 5.95. The quantitative estimate of drug-likeness (QED) is 0.903. The third kappa shape index (κ3) is 3.70. The molecular formula is C16H21N3O2. The molecule has 0 aliphatic rings. The fraction of sp³-hybridized carbons (Fsp3) is 0.375. The van der Waals surface area contributed by atoms with Crippen LogP contribution >= 0.6 is 0 Å². The van der Waals surface area contributed by atoms with Gasteiger partial charge in [0.25, 0.3) is 5.56 Å². The Morgan fingerprint density at radius 2 is 2.00 bits per heavy atom. The molecular weight excluding hydrogens is 266 g/mol. The van der Waals surface area contributed by atoms with Crippen molar-refractivity contribution >= 4 is 5.82 Å². The van der Waals surface area contributed by atoms with Gasteiger partial charge in [-0.1, -0.05) is 24.3 Å². The lowest BCUT2D eigenvalue weighted by Gasteiger charge is -2.22. The molecule has 0 atom stereocenters. The Morgan fingerprint density at radius 1 is 1.29 bits per heavy atom. The zero-order chi connectivity index (χ0) is 15.5. The standard InChI is InChI=1S/C16H21N3O2/c1-16(2,3)19-8-7-17-14(15(19)21)18-10-12-5-4-6-13(9-12)11-20/h4-9,20H,10-11H2,1-3H3,(H,17,18). The van der Waals surface area contributed by atoms with Gasteiger partial charge in [0.05, 0.1) is 6.61 Å². The van der Waals surface area contributed by atoms with E-state index in [1.165, 1.54) is 0 Å². The molecule has 0 aliphatic carbocycles. The lowest BCUT2D eigenvalue weighted by Crippen LogP contribution is -2.35. The van der Waals surface area contributed by atoms with E-state index in [0.717, 1.165) is 11.1 Å². The number of nitrogens with one attached hydrogen (secondary N) is 1. The number of hydrogen-bond acceptors (Lipinski definition) is 4. The summed E-state index contributed by atoms with van der Waals surface area (Å²) < 4.78 is 1.66. The van der Waals surface area contributed by atoms with E-state index in [0.29, 0.717) is 12.4 Å². The number of benzene rings is 1. The molecule has 2 N–H and O–H groups in total. The minimum Gasteiger partial charge on any atom is -0.392 e. The Labute approximate surface area is 124 Å². The topological polar surface area (TPSA) is 67.2 Å². The van der Waals surface area contributed by atoms with E-state index in [4.69, 9.17) is 5.11 Å². The van der Waals surface area contributed by atoms with Crippen molar-refractivity contribution in [1.82, 2.24) is 9.55 Å². The predicted molar refractivity (Wildman–Crippen MR) is 83.2 cm³/mol. The highest BCUT2D eigenvalue weighted by Gasteiger charge is 2.16. The number of nitrogens with zero attached hydrogens (tertiary/aromatic N) is 2. The van der Waals surface area contributed by atoms with E-state index < -0.39 is 0 Å². The van der Waals surface area contributed by atoms with Crippen LogP contribution in [0.5, 0.6) is 0 Å². The fourth-order valence-electron chi connectivity index (χ4n) is 2.08. The van der Waals surface area contributed by atoms with Crippen molar-refractivity contribution in [2.24, 2.45) is 0 Å². The molecule has 1 aromatic carbocycles. The number of rotatable bonds is 4. The van der Waals surface area contributed by atoms with Crippen molar-refractivity contribution < 1.29 is 5.11 Å². The third-order valence-corrected chi connectivity index (χ3v) is 3.20. The number of anilines is 1. The summed E-state index contributed by atoms with van der Waals surface area (Å²) in [6.45, 7) is 6.42. The molecule has 1 aromatic heterocycles. The first kappa shape index (κ1) is 15.3. The van der Waals surface area contributed by atoms with Crippen LogP contribution in [0.4, 0.5) is 5.82 Å². The Morgan fingerprint density at radius 3 is 2.67 bits per heavy atom. The largest absolute Gasteiger partial charge is 0.392 e. The lowest BCUT2D eigenvalue weighted by molar-refractivity contribution is 0.281. The summed E-state index contributed by atoms with van der Waals surface area (Å²) in [5.41, 5.74) is 1.42. The molecule has 1 heterocycles. The molecule has 0 spiro atoms. The molecule has 21 heavy (non-hydrogen) atoms. The molecule has 0 saturated heterocycles. The van der Waals surface area contributed by atoms with Crippen LogP contribution < -0.4 is 10.9 Å². The zero-order valence-corrected chi connectivity index (χ0v) is 12.6. The van der Waals surface area contributed by atoms with Gasteiger partial charge in [-0.05, 0) is 31.9 Å². The number of aliphatic hydroxyl groups excluding tert-OH is 1. The van der Waals surface area contributed by atoms with Crippen molar-refractivity contribution in [2.75, 3.05) is 5.32 Å². The molecule has 0 amide bonds. The zero-order valence-electron chi connectivity index (χ0n) is 12.6. The minimum atomic E-state index is -0.284. The highest BCUT2D eigenvalue weighted by Crippen LogP contribution is 2.11. The summed E-state index contributed by atoms with van der Waals surface area (Å²) in [6, 6.07) is 7.58. The first-order valence-electron chi connectivity index (χ1n) is 6.92. The molecule has 112 valence electrons. The van der Waals surface area contributed by atoms with Crippen LogP contribution in [-0.4, -0.2) is 14.7 Å². The number of hydrogen-bond donors (Lipinski definition) is 2. The van der Waals surface area contributed by atoms with Crippen LogP contribution in [0.3, 0.4) is 0 Å². The van der Waals surface area contributed by atoms with Crippen molar-refractivity contribution in [1.29, 1.82) is 0 Å². The van der Waals surface area contributed by atoms with Crippen LogP contribution in [0, 0.1) is 0 Å². The fourth-order valence-corrected chi connectivity index (χ4v) is 2.08. The van der Waals surface area contributed by atoms with Gasteiger partial charge in [0.2, 0.25) is 0 Å². The number of aliphatic hydroxyl groups is 1. The van der Waals surface area contributed by atoms with Crippen LogP contribution in [0.25, 0.3) is 0 Å². The first-order chi connectivity index (χ1) is 9.91. The second-order valence-electron chi connectivity index (χ2n) is 5.95. The minimum absolute atomic E-state index is 0.00819. The summed E-state index contributed by atoms with van der Waals surface area (Å²) >= 11 is 0. The normalized spacial score (nSPS) is 11.4. The molecule has 2 rings (SSSR count). The van der Waals surface area contributed by atoms with Gasteiger partial charge >= 0.3 is 0 Å². The maximum atomic E-state index is 12.4. The van der Waals surface area contributed by atoms with Crippen LogP contribution in [-0.2, 0) is 18.7 Å². The van der Waals surface area contributed by atoms with E-state index in [2.05, 4.69) is 10.3 Å². The van der Waals surface area contributed by atoms with Crippen molar-refractivity contribution in [3.63, 3.8) is 0 Å². The molecule has 0 radical (unpaired) electrons. The Hall–Kier alpha value is -2.14. The maximum absolute atomic E-state index is 12.4. The average Bonchev–Trinajstić information content (AvgIpc) is 2.45. The van der Waals surface area contributed by atoms with E-state index in [1.807, 2.05) is 45.0 Å². The van der Waals surface area contributed by atoms with Gasteiger partial charge in [0.15, 0.2) is 5.82 Å². The van der Waals surface area contributed by atoms with Gasteiger partial charge in [-0.25, -0.2) is 4.98 Å². The SMILES string of the molecule is CC(C)(C)n1ccnc(NCc2cccc(CO)c2)c1=O. The van der Waals surface area contributed by atoms with Gasteiger partial charge in [-0.2, -0.15) is 0 Å². The van der Waals surface area contributed by atoms with Crippen molar-refractivity contribution in [2.45, 2.75) is 39.5 Å². The van der Waals surface area contributed by atoms with Crippen LogP contribution in [0.15, 0.2) is 41.5 Å². The third-order valence-electron chi connectivity index (χ3n) is 3.20. The first-order valence-corrected chi connectivity index (χ1v) is 6.92.